The zero-order valence-corrected chi connectivity index (χ0v) is 14.1. The lowest BCUT2D eigenvalue weighted by Gasteiger charge is -2.25. The number of hydrogen-bond acceptors (Lipinski definition) is 5. The second kappa shape index (κ2) is 9.37. The number of carbonyl (C=O) groups is 2. The van der Waals surface area contributed by atoms with E-state index >= 15 is 0 Å². The molecule has 22 heavy (non-hydrogen) atoms. The maximum Gasteiger partial charge on any atom is 0.243 e. The Kier molecular flexibility index (Phi) is 7.48. The Morgan fingerprint density at radius 2 is 2.00 bits per heavy atom. The molecule has 1 aliphatic heterocycles. The molecule has 0 bridgehead atoms. The van der Waals surface area contributed by atoms with E-state index in [2.05, 4.69) is 10.6 Å². The van der Waals surface area contributed by atoms with Crippen molar-refractivity contribution in [3.05, 3.63) is 0 Å². The summed E-state index contributed by atoms with van der Waals surface area (Å²) in [5.74, 6) is 1.66. The number of amides is 2. The van der Waals surface area contributed by atoms with Gasteiger partial charge in [-0.2, -0.15) is 0 Å². The number of ether oxygens (including phenoxy) is 1. The van der Waals surface area contributed by atoms with E-state index in [9.17, 15) is 9.59 Å². The molecule has 2 aliphatic rings. The van der Waals surface area contributed by atoms with Crippen LogP contribution in [0, 0.1) is 5.92 Å². The van der Waals surface area contributed by atoms with Gasteiger partial charge in [-0.15, -0.1) is 11.8 Å². The Morgan fingerprint density at radius 3 is 2.73 bits per heavy atom. The fourth-order valence-electron chi connectivity index (χ4n) is 2.98. The number of carbonyl (C=O) groups excluding carboxylic acids is 2. The molecular formula is C15H27N3O3S. The second-order valence-corrected chi connectivity index (χ2v) is 6.84. The summed E-state index contributed by atoms with van der Waals surface area (Å²) < 4.78 is 4.94. The maximum absolute atomic E-state index is 12.5. The summed E-state index contributed by atoms with van der Waals surface area (Å²) in [5, 5.41) is 6.11. The minimum Gasteiger partial charge on any atom is -0.383 e. The van der Waals surface area contributed by atoms with Crippen molar-refractivity contribution in [2.45, 2.75) is 31.7 Å². The Bertz CT molecular complexity index is 375. The van der Waals surface area contributed by atoms with Crippen LogP contribution in [0.5, 0.6) is 0 Å². The second-order valence-electron chi connectivity index (χ2n) is 5.84. The molecule has 0 aromatic rings. The normalized spacial score (nSPS) is 22.2. The first-order valence-electron chi connectivity index (χ1n) is 8.09. The minimum atomic E-state index is -0.294. The number of nitrogens with one attached hydrogen (secondary N) is 2. The van der Waals surface area contributed by atoms with Crippen LogP contribution in [0.25, 0.3) is 0 Å². The van der Waals surface area contributed by atoms with Gasteiger partial charge in [-0.25, -0.2) is 0 Å². The SMILES string of the molecule is COCCNCCNC(=O)C1CSCN1C(=O)C1CCCC1. The molecule has 2 N–H and O–H groups in total. The van der Waals surface area contributed by atoms with E-state index in [4.69, 9.17) is 4.74 Å². The fourth-order valence-corrected chi connectivity index (χ4v) is 4.14. The van der Waals surface area contributed by atoms with Gasteiger partial charge in [0.1, 0.15) is 6.04 Å². The minimum absolute atomic E-state index is 0.0233. The van der Waals surface area contributed by atoms with Crippen molar-refractivity contribution >= 4 is 23.6 Å². The van der Waals surface area contributed by atoms with E-state index in [-0.39, 0.29) is 23.8 Å². The standard InChI is InChI=1S/C15H27N3O3S/c1-21-9-8-16-6-7-17-14(19)13-10-22-11-18(13)15(20)12-4-2-3-5-12/h12-13,16H,2-11H2,1H3,(H,17,19). The van der Waals surface area contributed by atoms with Crippen LogP contribution in [0.1, 0.15) is 25.7 Å². The molecule has 0 radical (unpaired) electrons. The lowest BCUT2D eigenvalue weighted by molar-refractivity contribution is -0.141. The fraction of sp³-hybridized carbons (Fsp3) is 0.867. The Balaban J connectivity index is 1.72. The van der Waals surface area contributed by atoms with Crippen LogP contribution in [-0.4, -0.2) is 67.7 Å². The van der Waals surface area contributed by atoms with Crippen molar-refractivity contribution in [1.82, 2.24) is 15.5 Å². The van der Waals surface area contributed by atoms with E-state index in [1.807, 2.05) is 0 Å². The molecule has 1 unspecified atom stereocenters. The summed E-state index contributed by atoms with van der Waals surface area (Å²) >= 11 is 1.67. The van der Waals surface area contributed by atoms with Gasteiger partial charge in [-0.05, 0) is 12.8 Å². The molecule has 1 saturated heterocycles. The molecule has 1 heterocycles. The molecule has 0 aromatic heterocycles. The van der Waals surface area contributed by atoms with Gasteiger partial charge < -0.3 is 20.3 Å². The van der Waals surface area contributed by atoms with Gasteiger partial charge in [0.2, 0.25) is 11.8 Å². The summed E-state index contributed by atoms with van der Waals surface area (Å²) in [7, 11) is 1.66. The third kappa shape index (κ3) is 4.86. The van der Waals surface area contributed by atoms with Crippen molar-refractivity contribution in [2.24, 2.45) is 5.92 Å². The number of thioether (sulfide) groups is 1. The first kappa shape index (κ1) is 17.6. The smallest absolute Gasteiger partial charge is 0.243 e. The molecule has 2 amide bonds. The highest BCUT2D eigenvalue weighted by atomic mass is 32.2. The van der Waals surface area contributed by atoms with Crippen molar-refractivity contribution in [2.75, 3.05) is 45.0 Å². The summed E-state index contributed by atoms with van der Waals surface area (Å²) in [6, 6.07) is -0.294. The highest BCUT2D eigenvalue weighted by molar-refractivity contribution is 7.99. The molecule has 1 saturated carbocycles. The van der Waals surface area contributed by atoms with Gasteiger partial charge in [-0.3, -0.25) is 9.59 Å². The largest absolute Gasteiger partial charge is 0.383 e. The van der Waals surface area contributed by atoms with Gasteiger partial charge in [0, 0.05) is 38.4 Å². The molecule has 126 valence electrons. The summed E-state index contributed by atoms with van der Waals surface area (Å²) in [5.41, 5.74) is 0. The van der Waals surface area contributed by atoms with Crippen LogP contribution >= 0.6 is 11.8 Å². The average molecular weight is 329 g/mol. The molecule has 0 aromatic carbocycles. The summed E-state index contributed by atoms with van der Waals surface area (Å²) in [4.78, 5) is 26.6. The Morgan fingerprint density at radius 1 is 1.23 bits per heavy atom. The Labute approximate surface area is 136 Å². The molecule has 1 atom stereocenters. The van der Waals surface area contributed by atoms with Crippen molar-refractivity contribution in [1.29, 1.82) is 0 Å². The predicted molar refractivity (Wildman–Crippen MR) is 87.7 cm³/mol. The molecule has 0 spiro atoms. The maximum atomic E-state index is 12.5. The third-order valence-corrected chi connectivity index (χ3v) is 5.27. The van der Waals surface area contributed by atoms with E-state index in [1.54, 1.807) is 23.8 Å². The van der Waals surface area contributed by atoms with E-state index in [0.29, 0.717) is 31.3 Å². The summed E-state index contributed by atoms with van der Waals surface area (Å²) in [6.45, 7) is 2.73. The van der Waals surface area contributed by atoms with Crippen LogP contribution in [0.2, 0.25) is 0 Å². The van der Waals surface area contributed by atoms with Crippen LogP contribution < -0.4 is 10.6 Å². The monoisotopic (exact) mass is 329 g/mol. The molecular weight excluding hydrogens is 302 g/mol. The summed E-state index contributed by atoms with van der Waals surface area (Å²) in [6.07, 6.45) is 4.25. The number of nitrogens with zero attached hydrogens (tertiary/aromatic N) is 1. The van der Waals surface area contributed by atoms with Gasteiger partial charge in [0.25, 0.3) is 0 Å². The third-order valence-electron chi connectivity index (χ3n) is 4.26. The highest BCUT2D eigenvalue weighted by Gasteiger charge is 2.38. The van der Waals surface area contributed by atoms with Gasteiger partial charge in [0.15, 0.2) is 0 Å². The number of hydrogen-bond donors (Lipinski definition) is 2. The lowest BCUT2D eigenvalue weighted by atomic mass is 10.1. The zero-order valence-electron chi connectivity index (χ0n) is 13.3. The first-order chi connectivity index (χ1) is 10.7. The Hall–Kier alpha value is -0.790. The van der Waals surface area contributed by atoms with Gasteiger partial charge in [-0.1, -0.05) is 12.8 Å². The van der Waals surface area contributed by atoms with Crippen molar-refractivity contribution in [3.8, 4) is 0 Å². The average Bonchev–Trinajstić information content (AvgIpc) is 3.21. The molecule has 2 rings (SSSR count). The van der Waals surface area contributed by atoms with Crippen molar-refractivity contribution < 1.29 is 14.3 Å². The molecule has 7 heteroatoms. The molecule has 2 fully saturated rings. The first-order valence-corrected chi connectivity index (χ1v) is 9.25. The van der Waals surface area contributed by atoms with Crippen LogP contribution in [0.15, 0.2) is 0 Å². The van der Waals surface area contributed by atoms with E-state index in [1.165, 1.54) is 0 Å². The number of methoxy groups -OCH3 is 1. The van der Waals surface area contributed by atoms with Crippen LogP contribution in [0.4, 0.5) is 0 Å². The lowest BCUT2D eigenvalue weighted by Crippen LogP contribution is -2.49. The highest BCUT2D eigenvalue weighted by Crippen LogP contribution is 2.30. The molecule has 6 nitrogen and oxygen atoms in total. The topological polar surface area (TPSA) is 70.7 Å². The van der Waals surface area contributed by atoms with Crippen LogP contribution in [0.3, 0.4) is 0 Å². The van der Waals surface area contributed by atoms with E-state index in [0.717, 1.165) is 32.2 Å². The zero-order chi connectivity index (χ0) is 15.8. The van der Waals surface area contributed by atoms with Crippen LogP contribution in [-0.2, 0) is 14.3 Å². The predicted octanol–water partition coefficient (Wildman–Crippen LogP) is 0.430. The molecule has 1 aliphatic carbocycles. The van der Waals surface area contributed by atoms with Gasteiger partial charge >= 0.3 is 0 Å². The van der Waals surface area contributed by atoms with Crippen molar-refractivity contribution in [3.63, 3.8) is 0 Å². The number of rotatable bonds is 8. The van der Waals surface area contributed by atoms with E-state index < -0.39 is 0 Å². The van der Waals surface area contributed by atoms with Gasteiger partial charge in [0.05, 0.1) is 12.5 Å². The quantitative estimate of drug-likeness (QED) is 0.632.